The van der Waals surface area contributed by atoms with Crippen molar-refractivity contribution in [2.75, 3.05) is 65.6 Å². The minimum absolute atomic E-state index is 0.389. The molecule has 26 heavy (non-hydrogen) atoms. The van der Waals surface area contributed by atoms with Gasteiger partial charge in [-0.2, -0.15) is 0 Å². The van der Waals surface area contributed by atoms with Gasteiger partial charge >= 0.3 is 0 Å². The minimum atomic E-state index is -0.835. The van der Waals surface area contributed by atoms with E-state index in [0.29, 0.717) is 19.1 Å². The van der Waals surface area contributed by atoms with Crippen LogP contribution in [0.1, 0.15) is 40.0 Å². The highest BCUT2D eigenvalue weighted by Crippen LogP contribution is 2.13. The van der Waals surface area contributed by atoms with Gasteiger partial charge < -0.3 is 20.5 Å². The highest BCUT2D eigenvalue weighted by Gasteiger charge is 2.25. The Morgan fingerprint density at radius 3 is 2.46 bits per heavy atom. The molecule has 3 N–H and O–H groups in total. The number of morpholine rings is 1. The second-order valence-corrected chi connectivity index (χ2v) is 7.77. The van der Waals surface area contributed by atoms with Crippen LogP contribution < -0.4 is 10.6 Å². The average Bonchev–Trinajstić information content (AvgIpc) is 3.15. The second-order valence-electron chi connectivity index (χ2n) is 7.77. The summed E-state index contributed by atoms with van der Waals surface area (Å²) in [7, 11) is 0. The maximum atomic E-state index is 10.7. The van der Waals surface area contributed by atoms with E-state index in [2.05, 4.69) is 39.3 Å². The number of β-amino-alcohol motifs (C(OH)–C–C–N with tert-alkyl or cyclic N) is 1. The molecule has 2 fully saturated rings. The van der Waals surface area contributed by atoms with Crippen molar-refractivity contribution >= 4 is 5.96 Å². The summed E-state index contributed by atoms with van der Waals surface area (Å²) in [6, 6.07) is 0.551. The summed E-state index contributed by atoms with van der Waals surface area (Å²) in [5.74, 6) is 0.799. The quantitative estimate of drug-likeness (QED) is 0.406. The number of likely N-dealkylation sites (tertiary alicyclic amines) is 1. The van der Waals surface area contributed by atoms with Crippen molar-refractivity contribution in [2.24, 2.45) is 4.99 Å². The average molecular weight is 370 g/mol. The lowest BCUT2D eigenvalue weighted by Crippen LogP contribution is -2.49. The zero-order chi connectivity index (χ0) is 18.8. The minimum Gasteiger partial charge on any atom is -0.387 e. The molecule has 2 aliphatic rings. The molecule has 2 unspecified atom stereocenters. The van der Waals surface area contributed by atoms with Crippen LogP contribution in [0.25, 0.3) is 0 Å². The van der Waals surface area contributed by atoms with Gasteiger partial charge in [-0.1, -0.05) is 6.92 Å². The lowest BCUT2D eigenvalue weighted by molar-refractivity contribution is -0.0180. The van der Waals surface area contributed by atoms with Crippen molar-refractivity contribution < 1.29 is 9.84 Å². The van der Waals surface area contributed by atoms with Crippen LogP contribution in [0.3, 0.4) is 0 Å². The molecule has 0 spiro atoms. The molecule has 2 rings (SSSR count). The van der Waals surface area contributed by atoms with Gasteiger partial charge in [-0.15, -0.1) is 0 Å². The summed E-state index contributed by atoms with van der Waals surface area (Å²) in [4.78, 5) is 9.48. The van der Waals surface area contributed by atoms with E-state index < -0.39 is 5.60 Å². The Labute approximate surface area is 159 Å². The first-order valence-corrected chi connectivity index (χ1v) is 10.3. The fourth-order valence-corrected chi connectivity index (χ4v) is 3.73. The third kappa shape index (κ3) is 7.39. The first-order chi connectivity index (χ1) is 12.5. The van der Waals surface area contributed by atoms with Gasteiger partial charge in [-0.3, -0.25) is 14.8 Å². The molecule has 2 saturated heterocycles. The van der Waals surface area contributed by atoms with Gasteiger partial charge in [0, 0.05) is 38.8 Å². The van der Waals surface area contributed by atoms with Crippen LogP contribution in [-0.2, 0) is 4.74 Å². The van der Waals surface area contributed by atoms with Crippen LogP contribution in [0, 0.1) is 0 Å². The predicted octanol–water partition coefficient (Wildman–Crippen LogP) is 0.499. The molecule has 7 nitrogen and oxygen atoms in total. The molecule has 0 bridgehead atoms. The lowest BCUT2D eigenvalue weighted by atomic mass is 10.1. The Balaban J connectivity index is 1.83. The normalized spacial score (nSPS) is 23.6. The zero-order valence-corrected chi connectivity index (χ0v) is 17.0. The molecular formula is C19H39N5O2. The highest BCUT2D eigenvalue weighted by atomic mass is 16.5. The summed E-state index contributed by atoms with van der Waals surface area (Å²) in [6.45, 7) is 14.6. The monoisotopic (exact) mass is 369 g/mol. The van der Waals surface area contributed by atoms with Crippen molar-refractivity contribution in [3.05, 3.63) is 0 Å². The lowest BCUT2D eigenvalue weighted by Gasteiger charge is -2.33. The fraction of sp³-hybridized carbons (Fsp3) is 0.947. The Bertz CT molecular complexity index is 418. The smallest absolute Gasteiger partial charge is 0.191 e. The largest absolute Gasteiger partial charge is 0.387 e. The van der Waals surface area contributed by atoms with Crippen LogP contribution >= 0.6 is 0 Å². The number of aliphatic imine (C=N–C) groups is 1. The number of rotatable bonds is 9. The van der Waals surface area contributed by atoms with E-state index in [1.165, 1.54) is 25.9 Å². The molecule has 0 aromatic rings. The Morgan fingerprint density at radius 2 is 1.85 bits per heavy atom. The van der Waals surface area contributed by atoms with E-state index in [4.69, 9.17) is 4.74 Å². The molecule has 2 heterocycles. The summed E-state index contributed by atoms with van der Waals surface area (Å²) in [5, 5.41) is 17.5. The predicted molar refractivity (Wildman–Crippen MR) is 107 cm³/mol. The summed E-state index contributed by atoms with van der Waals surface area (Å²) < 4.78 is 5.38. The highest BCUT2D eigenvalue weighted by molar-refractivity contribution is 5.79. The van der Waals surface area contributed by atoms with Crippen molar-refractivity contribution in [1.29, 1.82) is 0 Å². The van der Waals surface area contributed by atoms with Gasteiger partial charge in [-0.05, 0) is 46.2 Å². The second kappa shape index (κ2) is 11.1. The Kier molecular flexibility index (Phi) is 9.11. The SMILES string of the molecule is CCNC(=NCC(C)(O)CN1CCOCC1)NCC(CC)N1CCCC1. The van der Waals surface area contributed by atoms with Crippen molar-refractivity contribution in [3.63, 3.8) is 0 Å². The maximum absolute atomic E-state index is 10.7. The first kappa shape index (κ1) is 21.4. The van der Waals surface area contributed by atoms with E-state index in [0.717, 1.165) is 51.8 Å². The van der Waals surface area contributed by atoms with Gasteiger partial charge in [0.1, 0.15) is 0 Å². The Morgan fingerprint density at radius 1 is 1.15 bits per heavy atom. The number of ether oxygens (including phenoxy) is 1. The molecule has 152 valence electrons. The fourth-order valence-electron chi connectivity index (χ4n) is 3.73. The maximum Gasteiger partial charge on any atom is 0.191 e. The van der Waals surface area contributed by atoms with Crippen LogP contribution in [0.15, 0.2) is 4.99 Å². The van der Waals surface area contributed by atoms with Gasteiger partial charge in [-0.25, -0.2) is 0 Å². The van der Waals surface area contributed by atoms with Crippen LogP contribution in [0.5, 0.6) is 0 Å². The third-order valence-corrected chi connectivity index (χ3v) is 5.22. The van der Waals surface area contributed by atoms with Gasteiger partial charge in [0.05, 0.1) is 25.4 Å². The van der Waals surface area contributed by atoms with Crippen LogP contribution in [0.4, 0.5) is 0 Å². The standard InChI is InChI=1S/C19H39N5O2/c1-4-17(24-8-6-7-9-24)14-21-18(20-5-2)22-15-19(3,25)16-23-10-12-26-13-11-23/h17,25H,4-16H2,1-3H3,(H2,20,21,22). The van der Waals surface area contributed by atoms with Crippen LogP contribution in [-0.4, -0.2) is 98.1 Å². The van der Waals surface area contributed by atoms with Crippen molar-refractivity contribution in [3.8, 4) is 0 Å². The molecule has 0 saturated carbocycles. The molecule has 0 amide bonds. The number of guanidine groups is 1. The van der Waals surface area contributed by atoms with Crippen LogP contribution in [0.2, 0.25) is 0 Å². The van der Waals surface area contributed by atoms with Crippen molar-refractivity contribution in [1.82, 2.24) is 20.4 Å². The van der Waals surface area contributed by atoms with Gasteiger partial charge in [0.25, 0.3) is 0 Å². The number of hydrogen-bond acceptors (Lipinski definition) is 5. The number of aliphatic hydroxyl groups is 1. The van der Waals surface area contributed by atoms with E-state index in [1.807, 2.05) is 6.92 Å². The molecule has 0 aromatic carbocycles. The number of nitrogens with zero attached hydrogens (tertiary/aromatic N) is 3. The van der Waals surface area contributed by atoms with Crippen molar-refractivity contribution in [2.45, 2.75) is 51.7 Å². The summed E-state index contributed by atoms with van der Waals surface area (Å²) in [6.07, 6.45) is 3.77. The molecule has 0 aromatic heterocycles. The Hall–Kier alpha value is -0.890. The first-order valence-electron chi connectivity index (χ1n) is 10.3. The van der Waals surface area contributed by atoms with E-state index in [-0.39, 0.29) is 0 Å². The molecule has 0 aliphatic carbocycles. The summed E-state index contributed by atoms with van der Waals surface area (Å²) in [5.41, 5.74) is -0.835. The van der Waals surface area contributed by atoms with Gasteiger partial charge in [0.2, 0.25) is 0 Å². The summed E-state index contributed by atoms with van der Waals surface area (Å²) >= 11 is 0. The topological polar surface area (TPSA) is 72.4 Å². The molecular weight excluding hydrogens is 330 g/mol. The number of hydrogen-bond donors (Lipinski definition) is 3. The third-order valence-electron chi connectivity index (χ3n) is 5.22. The number of nitrogens with one attached hydrogen (secondary N) is 2. The van der Waals surface area contributed by atoms with E-state index >= 15 is 0 Å². The molecule has 0 radical (unpaired) electrons. The zero-order valence-electron chi connectivity index (χ0n) is 17.0. The molecule has 2 aliphatic heterocycles. The van der Waals surface area contributed by atoms with E-state index in [9.17, 15) is 5.11 Å². The van der Waals surface area contributed by atoms with Gasteiger partial charge in [0.15, 0.2) is 5.96 Å². The molecule has 2 atom stereocenters. The van der Waals surface area contributed by atoms with E-state index in [1.54, 1.807) is 0 Å². The molecule has 7 heteroatoms.